The van der Waals surface area contributed by atoms with Crippen LogP contribution in [0.3, 0.4) is 0 Å². The Hall–Kier alpha value is -1.56. The Morgan fingerprint density at radius 2 is 1.33 bits per heavy atom. The fourth-order valence-corrected chi connectivity index (χ4v) is 3.90. The Morgan fingerprint density at radius 1 is 0.778 bits per heavy atom. The highest BCUT2D eigenvalue weighted by molar-refractivity contribution is 5.21. The summed E-state index contributed by atoms with van der Waals surface area (Å²) in [7, 11) is 0. The van der Waals surface area contributed by atoms with Crippen LogP contribution in [0.1, 0.15) is 60.8 Å². The first kappa shape index (κ1) is 23.5. The smallest absolute Gasteiger partial charge is 0.00445 e. The normalized spacial score (nSPS) is 29.0. The fourth-order valence-electron chi connectivity index (χ4n) is 3.90. The minimum atomic E-state index is 0.644. The number of fused-ring (bicyclic) bond motifs is 2. The minimum Gasteiger partial charge on any atom is -0.0911 e. The summed E-state index contributed by atoms with van der Waals surface area (Å²) >= 11 is 0. The second-order valence-corrected chi connectivity index (χ2v) is 8.47. The van der Waals surface area contributed by atoms with Gasteiger partial charge < -0.3 is 0 Å². The quantitative estimate of drug-likeness (QED) is 0.429. The van der Waals surface area contributed by atoms with Gasteiger partial charge in [0.25, 0.3) is 0 Å². The molecule has 0 amide bonds. The van der Waals surface area contributed by atoms with Crippen molar-refractivity contribution < 1.29 is 0 Å². The van der Waals surface area contributed by atoms with Gasteiger partial charge in [-0.3, -0.25) is 0 Å². The molecule has 27 heavy (non-hydrogen) atoms. The van der Waals surface area contributed by atoms with E-state index in [4.69, 9.17) is 0 Å². The average Bonchev–Trinajstić information content (AvgIpc) is 3.35. The van der Waals surface area contributed by atoms with E-state index in [1.165, 1.54) is 19.3 Å². The van der Waals surface area contributed by atoms with Crippen LogP contribution in [-0.2, 0) is 0 Å². The Kier molecular flexibility index (Phi) is 11.8. The van der Waals surface area contributed by atoms with E-state index in [1.54, 1.807) is 0 Å². The van der Waals surface area contributed by atoms with Gasteiger partial charge in [-0.05, 0) is 75.5 Å². The predicted molar refractivity (Wildman–Crippen MR) is 124 cm³/mol. The molecule has 0 nitrogen and oxygen atoms in total. The average molecular weight is 367 g/mol. The SMILES string of the molecule is C1=CC2C=CC1C2.CC=CC(C=CC)CC(C)C.CC=CC1C=CC(C)C1. The topological polar surface area (TPSA) is 0 Å². The zero-order valence-electron chi connectivity index (χ0n) is 18.5. The van der Waals surface area contributed by atoms with Crippen LogP contribution >= 0.6 is 0 Å². The zero-order valence-corrected chi connectivity index (χ0v) is 18.5. The number of rotatable bonds is 5. The van der Waals surface area contributed by atoms with Crippen molar-refractivity contribution in [3.63, 3.8) is 0 Å². The van der Waals surface area contributed by atoms with E-state index in [-0.39, 0.29) is 0 Å². The predicted octanol–water partition coefficient (Wildman–Crippen LogP) is 8.32. The van der Waals surface area contributed by atoms with Gasteiger partial charge in [0.2, 0.25) is 0 Å². The molecule has 2 atom stereocenters. The summed E-state index contributed by atoms with van der Waals surface area (Å²) in [5.74, 6) is 4.57. The summed E-state index contributed by atoms with van der Waals surface area (Å²) in [4.78, 5) is 0. The third kappa shape index (κ3) is 10.4. The van der Waals surface area contributed by atoms with Crippen molar-refractivity contribution in [1.29, 1.82) is 0 Å². The maximum absolute atomic E-state index is 2.30. The zero-order chi connectivity index (χ0) is 20.1. The van der Waals surface area contributed by atoms with Gasteiger partial charge >= 0.3 is 0 Å². The van der Waals surface area contributed by atoms with Crippen LogP contribution in [0.5, 0.6) is 0 Å². The molecule has 0 radical (unpaired) electrons. The van der Waals surface area contributed by atoms with Gasteiger partial charge in [-0.25, -0.2) is 0 Å². The van der Waals surface area contributed by atoms with Crippen molar-refractivity contribution in [1.82, 2.24) is 0 Å². The van der Waals surface area contributed by atoms with E-state index < -0.39 is 0 Å². The van der Waals surface area contributed by atoms with Crippen LogP contribution in [0.25, 0.3) is 0 Å². The first-order chi connectivity index (χ1) is 13.0. The van der Waals surface area contributed by atoms with E-state index in [0.29, 0.717) is 5.92 Å². The van der Waals surface area contributed by atoms with Gasteiger partial charge in [0.15, 0.2) is 0 Å². The van der Waals surface area contributed by atoms with Crippen molar-refractivity contribution in [3.8, 4) is 0 Å². The second-order valence-electron chi connectivity index (χ2n) is 8.47. The van der Waals surface area contributed by atoms with Crippen LogP contribution in [0, 0.1) is 35.5 Å². The maximum atomic E-state index is 2.30. The lowest BCUT2D eigenvalue weighted by molar-refractivity contribution is 0.532. The van der Waals surface area contributed by atoms with Gasteiger partial charge in [-0.2, -0.15) is 0 Å². The first-order valence-electron chi connectivity index (χ1n) is 10.9. The molecule has 0 aromatic heterocycles. The Morgan fingerprint density at radius 3 is 1.63 bits per heavy atom. The molecule has 0 spiro atoms. The van der Waals surface area contributed by atoms with Crippen LogP contribution in [-0.4, -0.2) is 0 Å². The largest absolute Gasteiger partial charge is 0.0911 e. The maximum Gasteiger partial charge on any atom is -0.00445 e. The van der Waals surface area contributed by atoms with Crippen molar-refractivity contribution in [3.05, 3.63) is 72.9 Å². The van der Waals surface area contributed by atoms with Crippen molar-refractivity contribution in [2.24, 2.45) is 35.5 Å². The Balaban J connectivity index is 0.000000206. The summed E-state index contributed by atoms with van der Waals surface area (Å²) in [5, 5.41) is 0. The third-order valence-electron chi connectivity index (χ3n) is 5.15. The van der Waals surface area contributed by atoms with E-state index in [1.807, 2.05) is 0 Å². The van der Waals surface area contributed by atoms with E-state index in [9.17, 15) is 0 Å². The minimum absolute atomic E-state index is 0.644. The molecule has 0 fully saturated rings. The number of hydrogen-bond donors (Lipinski definition) is 0. The lowest BCUT2D eigenvalue weighted by Crippen LogP contribution is -1.97. The van der Waals surface area contributed by atoms with Crippen molar-refractivity contribution in [2.45, 2.75) is 60.8 Å². The Labute approximate surface area is 169 Å². The second kappa shape index (κ2) is 13.6. The van der Waals surface area contributed by atoms with Gasteiger partial charge in [0.1, 0.15) is 0 Å². The molecular weight excluding hydrogens is 324 g/mol. The third-order valence-corrected chi connectivity index (χ3v) is 5.15. The summed E-state index contributed by atoms with van der Waals surface area (Å²) in [6.07, 6.45) is 30.9. The summed E-state index contributed by atoms with van der Waals surface area (Å²) in [5.41, 5.74) is 0. The van der Waals surface area contributed by atoms with E-state index in [2.05, 4.69) is 114 Å². The molecule has 3 aliphatic rings. The molecule has 0 heterocycles. The molecule has 150 valence electrons. The Bertz CT molecular complexity index is 513. The lowest BCUT2D eigenvalue weighted by Gasteiger charge is -2.09. The van der Waals surface area contributed by atoms with Crippen LogP contribution in [0.4, 0.5) is 0 Å². The van der Waals surface area contributed by atoms with Crippen LogP contribution in [0.2, 0.25) is 0 Å². The van der Waals surface area contributed by atoms with E-state index in [0.717, 1.165) is 29.6 Å². The standard InChI is InChI=1S/C11H20.C9H14.C7H8/c1-5-7-11(8-6-2)9-10(3)4;1-3-4-9-6-5-8(2)7-9;1-2-7-4-3-6(1)5-7/h5-8,10-11H,9H2,1-4H3;3-6,8-9H,7H2,1-2H3;1-4,6-7H,5H2. The molecular formula is C27H42. The van der Waals surface area contributed by atoms with Crippen LogP contribution < -0.4 is 0 Å². The molecule has 2 unspecified atom stereocenters. The molecule has 0 aromatic carbocycles. The molecule has 0 aliphatic heterocycles. The van der Waals surface area contributed by atoms with Gasteiger partial charge in [0, 0.05) is 0 Å². The van der Waals surface area contributed by atoms with Gasteiger partial charge in [-0.15, -0.1) is 0 Å². The molecule has 2 bridgehead atoms. The molecule has 0 heteroatoms. The molecule has 0 N–H and O–H groups in total. The molecule has 0 saturated carbocycles. The van der Waals surface area contributed by atoms with Crippen molar-refractivity contribution >= 4 is 0 Å². The fraction of sp³-hybridized carbons (Fsp3) is 0.556. The van der Waals surface area contributed by atoms with Crippen LogP contribution in [0.15, 0.2) is 72.9 Å². The molecule has 3 rings (SSSR count). The highest BCUT2D eigenvalue weighted by Gasteiger charge is 2.19. The summed E-state index contributed by atoms with van der Waals surface area (Å²) in [6, 6.07) is 0. The lowest BCUT2D eigenvalue weighted by atomic mass is 9.96. The number of hydrogen-bond acceptors (Lipinski definition) is 0. The van der Waals surface area contributed by atoms with E-state index >= 15 is 0 Å². The highest BCUT2D eigenvalue weighted by atomic mass is 14.2. The molecule has 3 aliphatic carbocycles. The molecule has 0 aromatic rings. The molecule has 0 saturated heterocycles. The summed E-state index contributed by atoms with van der Waals surface area (Å²) < 4.78 is 0. The monoisotopic (exact) mass is 366 g/mol. The number of allylic oxidation sites excluding steroid dienone is 12. The first-order valence-corrected chi connectivity index (χ1v) is 10.9. The van der Waals surface area contributed by atoms with Gasteiger partial charge in [-0.1, -0.05) is 93.7 Å². The summed E-state index contributed by atoms with van der Waals surface area (Å²) in [6.45, 7) is 13.0. The van der Waals surface area contributed by atoms with Crippen molar-refractivity contribution in [2.75, 3.05) is 0 Å². The van der Waals surface area contributed by atoms with Gasteiger partial charge in [0.05, 0.1) is 0 Å². The highest BCUT2D eigenvalue weighted by Crippen LogP contribution is 2.31.